The first-order valence-corrected chi connectivity index (χ1v) is 8.67. The van der Waals surface area contributed by atoms with Gasteiger partial charge in [0, 0.05) is 26.3 Å². The molecule has 5 nitrogen and oxygen atoms in total. The number of carbonyl (C=O) groups excluding carboxylic acids is 1. The van der Waals surface area contributed by atoms with Gasteiger partial charge >= 0.3 is 5.97 Å². The molecule has 1 saturated heterocycles. The topological polar surface area (TPSA) is 66.8 Å². The summed E-state index contributed by atoms with van der Waals surface area (Å²) in [5.41, 5.74) is -0.267. The van der Waals surface area contributed by atoms with Crippen molar-refractivity contribution in [1.29, 1.82) is 0 Å². The van der Waals surface area contributed by atoms with Crippen molar-refractivity contribution in [3.63, 3.8) is 0 Å². The molecular weight excluding hydrogens is 282 g/mol. The third kappa shape index (κ3) is 2.87. The average Bonchev–Trinajstić information content (AvgIpc) is 3.19. The first-order valence-electron chi connectivity index (χ1n) is 8.67. The molecule has 0 bridgehead atoms. The van der Waals surface area contributed by atoms with Gasteiger partial charge in [-0.2, -0.15) is 0 Å². The maximum Gasteiger partial charge on any atom is 0.308 e. The Morgan fingerprint density at radius 3 is 2.50 bits per heavy atom. The number of ether oxygens (including phenoxy) is 1. The third-order valence-corrected chi connectivity index (χ3v) is 5.89. The normalized spacial score (nSPS) is 30.1. The summed E-state index contributed by atoms with van der Waals surface area (Å²) in [5, 5.41) is 9.45. The van der Waals surface area contributed by atoms with Crippen LogP contribution in [-0.4, -0.2) is 48.2 Å². The molecule has 2 saturated carbocycles. The number of likely N-dealkylation sites (tertiary alicyclic amines) is 1. The smallest absolute Gasteiger partial charge is 0.308 e. The summed E-state index contributed by atoms with van der Waals surface area (Å²) >= 11 is 0. The SMILES string of the molecule is CCOCCC1(C(=O)N2C[C@H](C(=O)O)[C@@H](C3CC3)C2)CCC1. The summed E-state index contributed by atoms with van der Waals surface area (Å²) in [6.07, 6.45) is 6.00. The van der Waals surface area contributed by atoms with Gasteiger partial charge in [0.2, 0.25) is 5.91 Å². The molecular formula is C17H27NO4. The first kappa shape index (κ1) is 15.8. The minimum absolute atomic E-state index is 0.172. The molecule has 0 aromatic carbocycles. The number of amides is 1. The van der Waals surface area contributed by atoms with Gasteiger partial charge in [-0.15, -0.1) is 0 Å². The lowest BCUT2D eigenvalue weighted by Crippen LogP contribution is -2.48. The maximum atomic E-state index is 13.0. The van der Waals surface area contributed by atoms with Gasteiger partial charge in [0.25, 0.3) is 0 Å². The van der Waals surface area contributed by atoms with Gasteiger partial charge in [0.05, 0.1) is 11.3 Å². The van der Waals surface area contributed by atoms with Gasteiger partial charge in [-0.05, 0) is 50.9 Å². The Morgan fingerprint density at radius 2 is 2.00 bits per heavy atom. The number of nitrogens with zero attached hydrogens (tertiary/aromatic N) is 1. The number of rotatable bonds is 7. The Bertz CT molecular complexity index is 442. The van der Waals surface area contributed by atoms with E-state index >= 15 is 0 Å². The van der Waals surface area contributed by atoms with Gasteiger partial charge in [-0.1, -0.05) is 6.42 Å². The molecule has 22 heavy (non-hydrogen) atoms. The molecule has 3 aliphatic rings. The summed E-state index contributed by atoms with van der Waals surface area (Å²) in [4.78, 5) is 26.3. The van der Waals surface area contributed by atoms with Crippen molar-refractivity contribution in [2.45, 2.75) is 45.4 Å². The van der Waals surface area contributed by atoms with Crippen LogP contribution in [0, 0.1) is 23.2 Å². The molecule has 3 fully saturated rings. The zero-order valence-corrected chi connectivity index (χ0v) is 13.4. The van der Waals surface area contributed by atoms with E-state index in [0.29, 0.717) is 32.2 Å². The van der Waals surface area contributed by atoms with E-state index in [1.54, 1.807) is 0 Å². The quantitative estimate of drug-likeness (QED) is 0.732. The third-order valence-electron chi connectivity index (χ3n) is 5.89. The summed E-state index contributed by atoms with van der Waals surface area (Å²) < 4.78 is 5.44. The molecule has 0 aromatic heterocycles. The van der Waals surface area contributed by atoms with Crippen LogP contribution in [0.15, 0.2) is 0 Å². The zero-order chi connectivity index (χ0) is 15.7. The van der Waals surface area contributed by atoms with Gasteiger partial charge in [0.15, 0.2) is 0 Å². The van der Waals surface area contributed by atoms with Crippen molar-refractivity contribution in [2.75, 3.05) is 26.3 Å². The zero-order valence-electron chi connectivity index (χ0n) is 13.4. The van der Waals surface area contributed by atoms with Crippen molar-refractivity contribution in [3.8, 4) is 0 Å². The number of carboxylic acids is 1. The van der Waals surface area contributed by atoms with Crippen molar-refractivity contribution in [2.24, 2.45) is 23.2 Å². The Labute approximate surface area is 132 Å². The number of aliphatic carboxylic acids is 1. The van der Waals surface area contributed by atoms with E-state index in [9.17, 15) is 14.7 Å². The van der Waals surface area contributed by atoms with Gasteiger partial charge in [0.1, 0.15) is 0 Å². The van der Waals surface area contributed by atoms with E-state index in [1.807, 2.05) is 11.8 Å². The van der Waals surface area contributed by atoms with Crippen molar-refractivity contribution in [1.82, 2.24) is 4.90 Å². The lowest BCUT2D eigenvalue weighted by Gasteiger charge is -2.42. The minimum Gasteiger partial charge on any atom is -0.481 e. The van der Waals surface area contributed by atoms with Crippen LogP contribution in [0.5, 0.6) is 0 Å². The highest BCUT2D eigenvalue weighted by Crippen LogP contribution is 2.49. The average molecular weight is 309 g/mol. The highest BCUT2D eigenvalue weighted by Gasteiger charge is 2.52. The fourth-order valence-electron chi connectivity index (χ4n) is 4.18. The molecule has 0 unspecified atom stereocenters. The molecule has 0 radical (unpaired) electrons. The second kappa shape index (κ2) is 6.19. The largest absolute Gasteiger partial charge is 0.481 e. The molecule has 0 spiro atoms. The molecule has 1 amide bonds. The van der Waals surface area contributed by atoms with Crippen LogP contribution in [0.4, 0.5) is 0 Å². The Balaban J connectivity index is 1.65. The maximum absolute atomic E-state index is 13.0. The molecule has 1 N–H and O–H groups in total. The highest BCUT2D eigenvalue weighted by atomic mass is 16.5. The standard InChI is InChI=1S/C17H27NO4/c1-2-22-9-8-17(6-3-7-17)16(21)18-10-13(12-4-5-12)14(11-18)15(19)20/h12-14H,2-11H2,1H3,(H,19,20)/t13-,14+/m1/s1. The second-order valence-corrected chi connectivity index (χ2v) is 7.24. The van der Waals surface area contributed by atoms with Crippen molar-refractivity contribution in [3.05, 3.63) is 0 Å². The monoisotopic (exact) mass is 309 g/mol. The lowest BCUT2D eigenvalue weighted by molar-refractivity contribution is -0.149. The van der Waals surface area contributed by atoms with Gasteiger partial charge < -0.3 is 14.7 Å². The fourth-order valence-corrected chi connectivity index (χ4v) is 4.18. The van der Waals surface area contributed by atoms with E-state index in [2.05, 4.69) is 0 Å². The Kier molecular flexibility index (Phi) is 4.44. The summed E-state index contributed by atoms with van der Waals surface area (Å²) in [6.45, 7) is 4.33. The number of hydrogen-bond acceptors (Lipinski definition) is 3. The molecule has 1 heterocycles. The van der Waals surface area contributed by atoms with Crippen LogP contribution in [0.25, 0.3) is 0 Å². The van der Waals surface area contributed by atoms with E-state index < -0.39 is 5.97 Å². The van der Waals surface area contributed by atoms with Crippen LogP contribution < -0.4 is 0 Å². The first-order chi connectivity index (χ1) is 10.6. The predicted molar refractivity (Wildman–Crippen MR) is 81.3 cm³/mol. The Morgan fingerprint density at radius 1 is 1.27 bits per heavy atom. The lowest BCUT2D eigenvalue weighted by atomic mass is 9.66. The molecule has 2 atom stereocenters. The number of carbonyl (C=O) groups is 2. The minimum atomic E-state index is -0.732. The van der Waals surface area contributed by atoms with Crippen LogP contribution in [0.1, 0.15) is 45.4 Å². The van der Waals surface area contributed by atoms with E-state index in [0.717, 1.165) is 38.5 Å². The van der Waals surface area contributed by atoms with Gasteiger partial charge in [-0.25, -0.2) is 0 Å². The number of carboxylic acid groups (broad SMARTS) is 1. The van der Waals surface area contributed by atoms with E-state index in [4.69, 9.17) is 4.74 Å². The fraction of sp³-hybridized carbons (Fsp3) is 0.882. The van der Waals surface area contributed by atoms with E-state index in [1.165, 1.54) is 0 Å². The second-order valence-electron chi connectivity index (χ2n) is 7.24. The van der Waals surface area contributed by atoms with Crippen LogP contribution in [0.2, 0.25) is 0 Å². The molecule has 0 aromatic rings. The summed E-state index contributed by atoms with van der Waals surface area (Å²) in [6, 6.07) is 0. The summed E-state index contributed by atoms with van der Waals surface area (Å²) in [5.74, 6) is -0.206. The summed E-state index contributed by atoms with van der Waals surface area (Å²) in [7, 11) is 0. The molecule has 5 heteroatoms. The predicted octanol–water partition coefficient (Wildman–Crippen LogP) is 2.15. The highest BCUT2D eigenvalue weighted by molar-refractivity contribution is 5.85. The molecule has 1 aliphatic heterocycles. The van der Waals surface area contributed by atoms with Gasteiger partial charge in [-0.3, -0.25) is 9.59 Å². The van der Waals surface area contributed by atoms with E-state index in [-0.39, 0.29) is 23.2 Å². The number of hydrogen-bond donors (Lipinski definition) is 1. The van der Waals surface area contributed by atoms with Crippen LogP contribution in [-0.2, 0) is 14.3 Å². The molecule has 3 rings (SSSR count). The Hall–Kier alpha value is -1.10. The van der Waals surface area contributed by atoms with Crippen LogP contribution in [0.3, 0.4) is 0 Å². The van der Waals surface area contributed by atoms with Crippen LogP contribution >= 0.6 is 0 Å². The molecule has 124 valence electrons. The molecule has 2 aliphatic carbocycles. The van der Waals surface area contributed by atoms with Crippen molar-refractivity contribution < 1.29 is 19.4 Å². The van der Waals surface area contributed by atoms with Crippen molar-refractivity contribution >= 4 is 11.9 Å².